The van der Waals surface area contributed by atoms with Crippen molar-refractivity contribution in [3.05, 3.63) is 163 Å². The largest absolute Gasteiger partial charge is 0.218 e. The minimum atomic E-state index is 0.777. The molecule has 0 bridgehead atoms. The van der Waals surface area contributed by atoms with Crippen LogP contribution in [0.3, 0.4) is 0 Å². The van der Waals surface area contributed by atoms with Gasteiger partial charge in [0, 0.05) is 53.1 Å². The highest BCUT2D eigenvalue weighted by atomic mass is 15.0. The Hall–Kier alpha value is -5.15. The van der Waals surface area contributed by atoms with Crippen molar-refractivity contribution in [2.24, 2.45) is 0 Å². The topological polar surface area (TPSA) is 11.6 Å². The van der Waals surface area contributed by atoms with E-state index in [0.29, 0.717) is 0 Å². The maximum Gasteiger partial charge on any atom is 0.218 e. The molecular weight excluding hydrogens is 486 g/mol. The van der Waals surface area contributed by atoms with Gasteiger partial charge in [0.1, 0.15) is 0 Å². The fourth-order valence-electron chi connectivity index (χ4n) is 5.77. The van der Waals surface area contributed by atoms with E-state index in [2.05, 4.69) is 172 Å². The van der Waals surface area contributed by atoms with Gasteiger partial charge in [0.25, 0.3) is 0 Å². The summed E-state index contributed by atoms with van der Waals surface area (Å²) >= 11 is 0. The molecule has 6 aromatic rings. The lowest BCUT2D eigenvalue weighted by molar-refractivity contribution is -0.677. The maximum absolute atomic E-state index is 2.34. The molecule has 0 unspecified atom stereocenters. The van der Waals surface area contributed by atoms with Crippen LogP contribution in [0.15, 0.2) is 152 Å². The molecule has 0 spiro atoms. The van der Waals surface area contributed by atoms with Crippen LogP contribution in [-0.2, 0) is 13.1 Å². The Morgan fingerprint density at radius 1 is 0.500 bits per heavy atom. The van der Waals surface area contributed by atoms with E-state index in [-0.39, 0.29) is 0 Å². The molecule has 3 nitrogen and oxygen atoms in total. The van der Waals surface area contributed by atoms with Crippen LogP contribution in [0.25, 0.3) is 45.5 Å². The van der Waals surface area contributed by atoms with Gasteiger partial charge in [0.2, 0.25) is 17.1 Å². The number of hydrogen-bond donors (Lipinski definition) is 0. The van der Waals surface area contributed by atoms with E-state index in [0.717, 1.165) is 13.1 Å². The Morgan fingerprint density at radius 2 is 1.12 bits per heavy atom. The van der Waals surface area contributed by atoms with Gasteiger partial charge in [-0.05, 0) is 42.5 Å². The molecule has 0 fully saturated rings. The zero-order valence-corrected chi connectivity index (χ0v) is 22.3. The van der Waals surface area contributed by atoms with Gasteiger partial charge < -0.3 is 0 Å². The molecule has 1 aliphatic heterocycles. The Labute approximate surface area is 235 Å². The standard InChI is InChI=1S/C37H30N3/c1-2-14-29(15-3-1)35-20-8-11-23-38(35)26-30-16-4-5-18-33(30)36-21-9-12-24-39(36)27-31-28-40-25-13-10-22-37(40)34-19-7-6-17-32(31)34/h1-25,27H,26,28H2/q+3/b31-27+. The molecule has 1 aliphatic rings. The van der Waals surface area contributed by atoms with Gasteiger partial charge in [-0.1, -0.05) is 54.6 Å². The smallest absolute Gasteiger partial charge is 0.194 e. The lowest BCUT2D eigenvalue weighted by Gasteiger charge is -2.16. The maximum atomic E-state index is 2.34. The Morgan fingerprint density at radius 3 is 1.98 bits per heavy atom. The first-order chi connectivity index (χ1) is 19.8. The molecule has 3 aromatic heterocycles. The second kappa shape index (κ2) is 10.5. The molecule has 0 saturated carbocycles. The third kappa shape index (κ3) is 4.52. The summed E-state index contributed by atoms with van der Waals surface area (Å²) in [5.41, 5.74) is 11.2. The predicted octanol–water partition coefficient (Wildman–Crippen LogP) is 6.61. The van der Waals surface area contributed by atoms with Crippen molar-refractivity contribution in [3.63, 3.8) is 0 Å². The minimum absolute atomic E-state index is 0.777. The second-order valence-corrected chi connectivity index (χ2v) is 10.1. The molecular formula is C37H30N3+3. The summed E-state index contributed by atoms with van der Waals surface area (Å²) in [6.07, 6.45) is 8.82. The molecule has 0 saturated heterocycles. The van der Waals surface area contributed by atoms with Gasteiger partial charge in [0.05, 0.1) is 16.7 Å². The van der Waals surface area contributed by atoms with Gasteiger partial charge >= 0.3 is 0 Å². The summed E-state index contributed by atoms with van der Waals surface area (Å²) in [5.74, 6) is 0. The summed E-state index contributed by atoms with van der Waals surface area (Å²) in [5, 5.41) is 0. The van der Waals surface area contributed by atoms with Crippen molar-refractivity contribution in [1.82, 2.24) is 0 Å². The van der Waals surface area contributed by atoms with Crippen LogP contribution in [0.4, 0.5) is 0 Å². The first-order valence-corrected chi connectivity index (χ1v) is 13.8. The van der Waals surface area contributed by atoms with E-state index < -0.39 is 0 Å². The zero-order valence-electron chi connectivity index (χ0n) is 22.3. The number of pyridine rings is 3. The van der Waals surface area contributed by atoms with Crippen LogP contribution < -0.4 is 13.7 Å². The Balaban J connectivity index is 1.31. The van der Waals surface area contributed by atoms with Crippen LogP contribution in [0.1, 0.15) is 11.1 Å². The number of aromatic nitrogens is 3. The molecule has 0 atom stereocenters. The van der Waals surface area contributed by atoms with E-state index in [1.54, 1.807) is 0 Å². The fraction of sp³-hybridized carbons (Fsp3) is 0.0541. The molecule has 40 heavy (non-hydrogen) atoms. The third-order valence-corrected chi connectivity index (χ3v) is 7.66. The van der Waals surface area contributed by atoms with Crippen molar-refractivity contribution < 1.29 is 13.7 Å². The SMILES string of the molecule is C(=C1/C[n+]2ccccc2-c2ccccc21)/[n+]1ccccc1-c1ccccc1C[n+]1ccccc1-c1ccccc1. The highest BCUT2D eigenvalue weighted by molar-refractivity contribution is 5.84. The van der Waals surface area contributed by atoms with Crippen molar-refractivity contribution in [2.45, 2.75) is 13.1 Å². The summed E-state index contributed by atoms with van der Waals surface area (Å²) < 4.78 is 6.96. The first-order valence-electron chi connectivity index (χ1n) is 13.8. The minimum Gasteiger partial charge on any atom is -0.194 e. The van der Waals surface area contributed by atoms with Gasteiger partial charge in [0.15, 0.2) is 37.9 Å². The van der Waals surface area contributed by atoms with Crippen molar-refractivity contribution in [2.75, 3.05) is 0 Å². The summed E-state index contributed by atoms with van der Waals surface area (Å²) in [4.78, 5) is 0. The molecule has 0 amide bonds. The number of hydrogen-bond acceptors (Lipinski definition) is 0. The van der Waals surface area contributed by atoms with E-state index in [1.807, 2.05) is 0 Å². The van der Waals surface area contributed by atoms with E-state index in [9.17, 15) is 0 Å². The van der Waals surface area contributed by atoms with Crippen molar-refractivity contribution >= 4 is 11.8 Å². The molecule has 190 valence electrons. The first kappa shape index (κ1) is 23.9. The lowest BCUT2D eigenvalue weighted by Crippen LogP contribution is -2.40. The summed E-state index contributed by atoms with van der Waals surface area (Å²) in [6, 6.07) is 47.4. The summed E-state index contributed by atoms with van der Waals surface area (Å²) in [6.45, 7) is 1.61. The number of allylic oxidation sites excluding steroid dienone is 1. The lowest BCUT2D eigenvalue weighted by atomic mass is 9.93. The fourth-order valence-corrected chi connectivity index (χ4v) is 5.77. The number of fused-ring (bicyclic) bond motifs is 3. The van der Waals surface area contributed by atoms with E-state index >= 15 is 0 Å². The Kier molecular flexibility index (Phi) is 6.31. The quantitative estimate of drug-likeness (QED) is 0.229. The number of rotatable bonds is 5. The molecule has 0 aliphatic carbocycles. The van der Waals surface area contributed by atoms with Crippen LogP contribution in [0.5, 0.6) is 0 Å². The average Bonchev–Trinajstić information content (AvgIpc) is 3.02. The molecule has 3 aromatic carbocycles. The highest BCUT2D eigenvalue weighted by Crippen LogP contribution is 2.31. The number of nitrogens with zero attached hydrogens (tertiary/aromatic N) is 3. The average molecular weight is 517 g/mol. The van der Waals surface area contributed by atoms with Gasteiger partial charge in [-0.15, -0.1) is 0 Å². The van der Waals surface area contributed by atoms with Crippen molar-refractivity contribution in [1.29, 1.82) is 0 Å². The molecule has 0 radical (unpaired) electrons. The van der Waals surface area contributed by atoms with Crippen LogP contribution in [0.2, 0.25) is 0 Å². The monoisotopic (exact) mass is 516 g/mol. The molecule has 0 N–H and O–H groups in total. The van der Waals surface area contributed by atoms with Crippen LogP contribution >= 0.6 is 0 Å². The van der Waals surface area contributed by atoms with Crippen molar-refractivity contribution in [3.8, 4) is 33.8 Å². The summed E-state index contributed by atoms with van der Waals surface area (Å²) in [7, 11) is 0. The number of benzene rings is 3. The van der Waals surface area contributed by atoms with E-state index in [4.69, 9.17) is 0 Å². The third-order valence-electron chi connectivity index (χ3n) is 7.66. The van der Waals surface area contributed by atoms with Crippen LogP contribution in [0, 0.1) is 0 Å². The second-order valence-electron chi connectivity index (χ2n) is 10.1. The van der Waals surface area contributed by atoms with Gasteiger partial charge in [-0.25, -0.2) is 0 Å². The van der Waals surface area contributed by atoms with Crippen LogP contribution in [-0.4, -0.2) is 0 Å². The molecule has 3 heteroatoms. The molecule has 4 heterocycles. The molecule has 7 rings (SSSR count). The van der Waals surface area contributed by atoms with Gasteiger partial charge in [-0.2, -0.15) is 13.7 Å². The highest BCUT2D eigenvalue weighted by Gasteiger charge is 2.28. The zero-order chi connectivity index (χ0) is 26.7. The normalized spacial score (nSPS) is 13.1. The Bertz CT molecular complexity index is 1850. The van der Waals surface area contributed by atoms with E-state index in [1.165, 1.54) is 50.5 Å². The predicted molar refractivity (Wildman–Crippen MR) is 159 cm³/mol. The van der Waals surface area contributed by atoms with Gasteiger partial charge in [-0.3, -0.25) is 0 Å².